The van der Waals surface area contributed by atoms with E-state index in [0.29, 0.717) is 18.5 Å². The van der Waals surface area contributed by atoms with Crippen molar-refractivity contribution >= 4 is 5.97 Å². The van der Waals surface area contributed by atoms with Crippen LogP contribution in [0.5, 0.6) is 0 Å². The summed E-state index contributed by atoms with van der Waals surface area (Å²) in [5, 5.41) is 17.8. The molecule has 0 saturated heterocycles. The molecule has 0 aliphatic rings. The van der Waals surface area contributed by atoms with Gasteiger partial charge in [0, 0.05) is 24.6 Å². The summed E-state index contributed by atoms with van der Waals surface area (Å²) in [5.41, 5.74) is 1.39. The van der Waals surface area contributed by atoms with E-state index in [1.165, 1.54) is 22.9 Å². The predicted molar refractivity (Wildman–Crippen MR) is 74.4 cm³/mol. The SMILES string of the molecule is O=C(O)c1ccc(=O)n(-c2cccc(CCCO)c2)c1. The molecule has 0 aliphatic carbocycles. The van der Waals surface area contributed by atoms with Crippen LogP contribution in [0.3, 0.4) is 0 Å². The first-order valence-corrected chi connectivity index (χ1v) is 6.28. The molecule has 0 spiro atoms. The van der Waals surface area contributed by atoms with Gasteiger partial charge < -0.3 is 10.2 Å². The van der Waals surface area contributed by atoms with Gasteiger partial charge in [0.15, 0.2) is 0 Å². The monoisotopic (exact) mass is 273 g/mol. The zero-order valence-corrected chi connectivity index (χ0v) is 10.8. The van der Waals surface area contributed by atoms with Crippen LogP contribution in [0, 0.1) is 0 Å². The number of carbonyl (C=O) groups is 1. The minimum atomic E-state index is -1.07. The molecule has 0 bridgehead atoms. The number of nitrogens with zero attached hydrogens (tertiary/aromatic N) is 1. The maximum absolute atomic E-state index is 11.8. The normalized spacial score (nSPS) is 10.4. The van der Waals surface area contributed by atoms with E-state index in [9.17, 15) is 9.59 Å². The summed E-state index contributed by atoms with van der Waals surface area (Å²) in [6, 6.07) is 9.81. The molecule has 0 radical (unpaired) electrons. The third-order valence-corrected chi connectivity index (χ3v) is 2.97. The Labute approximate surface area is 115 Å². The largest absolute Gasteiger partial charge is 0.478 e. The second kappa shape index (κ2) is 6.16. The van der Waals surface area contributed by atoms with E-state index < -0.39 is 5.97 Å². The lowest BCUT2D eigenvalue weighted by Gasteiger charge is -2.08. The number of carboxylic acids is 1. The fourth-order valence-corrected chi connectivity index (χ4v) is 1.96. The van der Waals surface area contributed by atoms with E-state index >= 15 is 0 Å². The molecule has 2 aromatic rings. The number of aliphatic hydroxyl groups is 1. The van der Waals surface area contributed by atoms with Crippen molar-refractivity contribution in [2.45, 2.75) is 12.8 Å². The Morgan fingerprint density at radius 2 is 2.00 bits per heavy atom. The molecule has 0 amide bonds. The molecule has 1 heterocycles. The molecule has 1 aromatic carbocycles. The third kappa shape index (κ3) is 3.13. The van der Waals surface area contributed by atoms with Gasteiger partial charge in [-0.15, -0.1) is 0 Å². The second-order valence-electron chi connectivity index (χ2n) is 4.43. The second-order valence-corrected chi connectivity index (χ2v) is 4.43. The van der Waals surface area contributed by atoms with Gasteiger partial charge in [0.2, 0.25) is 0 Å². The minimum absolute atomic E-state index is 0.0605. The Kier molecular flexibility index (Phi) is 4.32. The van der Waals surface area contributed by atoms with Gasteiger partial charge in [0.1, 0.15) is 0 Å². The zero-order chi connectivity index (χ0) is 14.5. The number of hydrogen-bond donors (Lipinski definition) is 2. The van der Waals surface area contributed by atoms with Crippen LogP contribution in [0.2, 0.25) is 0 Å². The highest BCUT2D eigenvalue weighted by atomic mass is 16.4. The Morgan fingerprint density at radius 3 is 2.70 bits per heavy atom. The van der Waals surface area contributed by atoms with Crippen molar-refractivity contribution in [3.05, 3.63) is 64.1 Å². The molecular formula is C15H15NO4. The van der Waals surface area contributed by atoms with E-state index in [-0.39, 0.29) is 17.7 Å². The van der Waals surface area contributed by atoms with E-state index in [1.807, 2.05) is 18.2 Å². The number of rotatable bonds is 5. The van der Waals surface area contributed by atoms with Crippen molar-refractivity contribution in [3.8, 4) is 5.69 Å². The first-order valence-electron chi connectivity index (χ1n) is 6.28. The summed E-state index contributed by atoms with van der Waals surface area (Å²) in [5.74, 6) is -1.07. The molecule has 0 atom stereocenters. The number of aryl methyl sites for hydroxylation is 1. The number of benzene rings is 1. The number of aliphatic hydroxyl groups excluding tert-OH is 1. The molecule has 2 N–H and O–H groups in total. The molecule has 0 fully saturated rings. The van der Waals surface area contributed by atoms with Crippen LogP contribution in [0.1, 0.15) is 22.3 Å². The van der Waals surface area contributed by atoms with Crippen molar-refractivity contribution in [2.24, 2.45) is 0 Å². The standard InChI is InChI=1S/C15H15NO4/c17-8-2-4-11-3-1-5-13(9-11)16-10-12(15(19)20)6-7-14(16)18/h1,3,5-7,9-10,17H,2,4,8H2,(H,19,20). The Morgan fingerprint density at radius 1 is 1.20 bits per heavy atom. The van der Waals surface area contributed by atoms with Gasteiger partial charge in [-0.1, -0.05) is 12.1 Å². The molecule has 0 aliphatic heterocycles. The molecule has 0 saturated carbocycles. The molecule has 2 rings (SSSR count). The first kappa shape index (κ1) is 14.0. The van der Waals surface area contributed by atoms with Crippen LogP contribution < -0.4 is 5.56 Å². The van der Waals surface area contributed by atoms with E-state index in [2.05, 4.69) is 0 Å². The lowest BCUT2D eigenvalue weighted by Crippen LogP contribution is -2.18. The van der Waals surface area contributed by atoms with Crippen molar-refractivity contribution in [1.29, 1.82) is 0 Å². The van der Waals surface area contributed by atoms with Gasteiger partial charge in [-0.25, -0.2) is 4.79 Å². The number of pyridine rings is 1. The highest BCUT2D eigenvalue weighted by Gasteiger charge is 2.07. The summed E-state index contributed by atoms with van der Waals surface area (Å²) >= 11 is 0. The van der Waals surface area contributed by atoms with Crippen molar-refractivity contribution in [1.82, 2.24) is 4.57 Å². The molecule has 1 aromatic heterocycles. The van der Waals surface area contributed by atoms with Crippen LogP contribution >= 0.6 is 0 Å². The van der Waals surface area contributed by atoms with Crippen molar-refractivity contribution in [3.63, 3.8) is 0 Å². The fourth-order valence-electron chi connectivity index (χ4n) is 1.96. The molecule has 5 heteroatoms. The fraction of sp³-hybridized carbons (Fsp3) is 0.200. The van der Waals surface area contributed by atoms with Gasteiger partial charge in [-0.2, -0.15) is 0 Å². The smallest absolute Gasteiger partial charge is 0.337 e. The van der Waals surface area contributed by atoms with Gasteiger partial charge in [0.05, 0.1) is 5.56 Å². The average Bonchev–Trinajstić information content (AvgIpc) is 2.45. The molecule has 20 heavy (non-hydrogen) atoms. The maximum Gasteiger partial charge on any atom is 0.337 e. The third-order valence-electron chi connectivity index (χ3n) is 2.97. The number of aromatic nitrogens is 1. The van der Waals surface area contributed by atoms with Crippen molar-refractivity contribution < 1.29 is 15.0 Å². The van der Waals surface area contributed by atoms with Gasteiger partial charge in [-0.3, -0.25) is 9.36 Å². The number of carboxylic acid groups (broad SMARTS) is 1. The first-order chi connectivity index (χ1) is 9.61. The lowest BCUT2D eigenvalue weighted by atomic mass is 10.1. The van der Waals surface area contributed by atoms with Gasteiger partial charge in [0.25, 0.3) is 5.56 Å². The number of aromatic carboxylic acids is 1. The quantitative estimate of drug-likeness (QED) is 0.864. The molecular weight excluding hydrogens is 258 g/mol. The van der Waals surface area contributed by atoms with Crippen LogP contribution in [-0.2, 0) is 6.42 Å². The van der Waals surface area contributed by atoms with E-state index in [4.69, 9.17) is 10.2 Å². The minimum Gasteiger partial charge on any atom is -0.478 e. The Bertz CT molecular complexity index is 676. The van der Waals surface area contributed by atoms with E-state index in [0.717, 1.165) is 5.56 Å². The Hall–Kier alpha value is -2.40. The van der Waals surface area contributed by atoms with Crippen LogP contribution in [0.4, 0.5) is 0 Å². The Balaban J connectivity index is 2.42. The van der Waals surface area contributed by atoms with E-state index in [1.54, 1.807) is 6.07 Å². The topological polar surface area (TPSA) is 79.5 Å². The predicted octanol–water partition coefficient (Wildman–Crippen LogP) is 1.46. The average molecular weight is 273 g/mol. The highest BCUT2D eigenvalue weighted by Crippen LogP contribution is 2.11. The summed E-state index contributed by atoms with van der Waals surface area (Å²) in [6.45, 7) is 0.110. The van der Waals surface area contributed by atoms with Crippen molar-refractivity contribution in [2.75, 3.05) is 6.61 Å². The van der Waals surface area contributed by atoms with Crippen LogP contribution in [0.25, 0.3) is 5.69 Å². The van der Waals surface area contributed by atoms with Crippen LogP contribution in [-0.4, -0.2) is 27.4 Å². The van der Waals surface area contributed by atoms with Gasteiger partial charge in [-0.05, 0) is 36.6 Å². The van der Waals surface area contributed by atoms with Gasteiger partial charge >= 0.3 is 5.97 Å². The summed E-state index contributed by atoms with van der Waals surface area (Å²) in [7, 11) is 0. The number of hydrogen-bond acceptors (Lipinski definition) is 3. The summed E-state index contributed by atoms with van der Waals surface area (Å²) in [6.07, 6.45) is 2.67. The molecule has 104 valence electrons. The maximum atomic E-state index is 11.8. The highest BCUT2D eigenvalue weighted by molar-refractivity contribution is 5.87. The summed E-state index contributed by atoms with van der Waals surface area (Å²) < 4.78 is 1.31. The molecule has 5 nitrogen and oxygen atoms in total. The molecule has 0 unspecified atom stereocenters. The zero-order valence-electron chi connectivity index (χ0n) is 10.8. The summed E-state index contributed by atoms with van der Waals surface area (Å²) in [4.78, 5) is 22.8. The lowest BCUT2D eigenvalue weighted by molar-refractivity contribution is 0.0696. The van der Waals surface area contributed by atoms with Crippen LogP contribution in [0.15, 0.2) is 47.4 Å².